The molecule has 0 aliphatic heterocycles. The van der Waals surface area contributed by atoms with Crippen molar-refractivity contribution in [1.29, 1.82) is 0 Å². The van der Waals surface area contributed by atoms with Gasteiger partial charge in [-0.3, -0.25) is 9.89 Å². The zero-order valence-electron chi connectivity index (χ0n) is 16.4. The predicted octanol–water partition coefficient (Wildman–Crippen LogP) is 6.19. The molecule has 0 saturated heterocycles. The zero-order chi connectivity index (χ0) is 21.2. The second-order valence-corrected chi connectivity index (χ2v) is 8.53. The Bertz CT molecular complexity index is 1380. The fourth-order valence-corrected chi connectivity index (χ4v) is 4.57. The Morgan fingerprint density at radius 3 is 2.81 bits per heavy atom. The molecule has 0 aliphatic carbocycles. The zero-order valence-corrected chi connectivity index (χ0v) is 18.0. The van der Waals surface area contributed by atoms with Crippen LogP contribution in [0, 0.1) is 0 Å². The average Bonchev–Trinajstić information content (AvgIpc) is 3.36. The number of anilines is 1. The number of rotatable bonds is 6. The lowest BCUT2D eigenvalue weighted by molar-refractivity contribution is -0.115. The van der Waals surface area contributed by atoms with Crippen molar-refractivity contribution in [2.75, 3.05) is 5.32 Å². The smallest absolute Gasteiger partial charge is 0.230 e. The lowest BCUT2D eigenvalue weighted by Gasteiger charge is -2.06. The van der Waals surface area contributed by atoms with Gasteiger partial charge < -0.3 is 10.1 Å². The minimum absolute atomic E-state index is 0.108. The molecule has 0 saturated carbocycles. The van der Waals surface area contributed by atoms with E-state index in [1.54, 1.807) is 11.3 Å². The maximum absolute atomic E-state index is 12.4. The van der Waals surface area contributed by atoms with Crippen molar-refractivity contribution in [2.45, 2.75) is 13.0 Å². The summed E-state index contributed by atoms with van der Waals surface area (Å²) in [6.45, 7) is 0.445. The average molecular weight is 448 g/mol. The van der Waals surface area contributed by atoms with Crippen LogP contribution in [-0.4, -0.2) is 16.1 Å². The van der Waals surface area contributed by atoms with Crippen LogP contribution in [0.3, 0.4) is 0 Å². The van der Waals surface area contributed by atoms with Crippen molar-refractivity contribution in [3.63, 3.8) is 0 Å². The van der Waals surface area contributed by atoms with Crippen molar-refractivity contribution >= 4 is 55.7 Å². The number of H-pyrrole nitrogens is 1. The van der Waals surface area contributed by atoms with Gasteiger partial charge in [0.2, 0.25) is 5.91 Å². The summed E-state index contributed by atoms with van der Waals surface area (Å²) in [5.41, 5.74) is 2.85. The lowest BCUT2D eigenvalue weighted by Crippen LogP contribution is -2.14. The molecular formula is C24H18ClN3O2S. The number of thiophene rings is 1. The third-order valence-electron chi connectivity index (χ3n) is 5.01. The maximum Gasteiger partial charge on any atom is 0.230 e. The van der Waals surface area contributed by atoms with Gasteiger partial charge in [-0.25, -0.2) is 0 Å². The molecule has 0 aliphatic rings. The SMILES string of the molecule is O=C(Cc1ccccc1)Nc1n[nH]c2cc(OCc3csc4ccc(Cl)cc34)ccc12. The van der Waals surface area contributed by atoms with Crippen LogP contribution < -0.4 is 10.1 Å². The lowest BCUT2D eigenvalue weighted by atomic mass is 10.1. The van der Waals surface area contributed by atoms with Crippen LogP contribution in [0.1, 0.15) is 11.1 Å². The van der Waals surface area contributed by atoms with Crippen molar-refractivity contribution in [2.24, 2.45) is 0 Å². The first-order valence-corrected chi connectivity index (χ1v) is 11.0. The number of hydrogen-bond acceptors (Lipinski definition) is 4. The van der Waals surface area contributed by atoms with Crippen molar-refractivity contribution in [3.05, 3.63) is 88.3 Å². The van der Waals surface area contributed by atoms with Gasteiger partial charge in [-0.2, -0.15) is 5.10 Å². The van der Waals surface area contributed by atoms with Crippen LogP contribution in [0.15, 0.2) is 72.1 Å². The highest BCUT2D eigenvalue weighted by Crippen LogP contribution is 2.30. The first-order chi connectivity index (χ1) is 15.2. The Labute approximate surface area is 187 Å². The quantitative estimate of drug-likeness (QED) is 0.326. The summed E-state index contributed by atoms with van der Waals surface area (Å²) in [4.78, 5) is 12.4. The van der Waals surface area contributed by atoms with Gasteiger partial charge in [0.25, 0.3) is 0 Å². The molecule has 154 valence electrons. The largest absolute Gasteiger partial charge is 0.489 e. The molecule has 0 radical (unpaired) electrons. The second-order valence-electron chi connectivity index (χ2n) is 7.18. The Kier molecular flexibility index (Phi) is 5.32. The van der Waals surface area contributed by atoms with Gasteiger partial charge in [0.05, 0.1) is 11.9 Å². The minimum Gasteiger partial charge on any atom is -0.489 e. The first-order valence-electron chi connectivity index (χ1n) is 9.76. The Balaban J connectivity index is 1.28. The molecule has 5 rings (SSSR count). The number of carbonyl (C=O) groups excluding carboxylic acids is 1. The van der Waals surface area contributed by atoms with Crippen LogP contribution in [0.4, 0.5) is 5.82 Å². The molecular weight excluding hydrogens is 430 g/mol. The highest BCUT2D eigenvalue weighted by atomic mass is 35.5. The van der Waals surface area contributed by atoms with Gasteiger partial charge in [0, 0.05) is 32.1 Å². The standard InChI is InChI=1S/C24H18ClN3O2S/c25-17-6-9-22-20(11-17)16(14-31-22)13-30-18-7-8-19-21(12-18)27-28-24(19)26-23(29)10-15-4-2-1-3-5-15/h1-9,11-12,14H,10,13H2,(H2,26,27,28,29). The van der Waals surface area contributed by atoms with E-state index >= 15 is 0 Å². The number of nitrogens with zero attached hydrogens (tertiary/aromatic N) is 1. The van der Waals surface area contributed by atoms with E-state index in [0.29, 0.717) is 23.9 Å². The number of aromatic nitrogens is 2. The van der Waals surface area contributed by atoms with Gasteiger partial charge in [-0.05, 0) is 41.3 Å². The van der Waals surface area contributed by atoms with Crippen LogP contribution >= 0.6 is 22.9 Å². The Morgan fingerprint density at radius 2 is 1.94 bits per heavy atom. The van der Waals surface area contributed by atoms with Crippen molar-refractivity contribution in [1.82, 2.24) is 10.2 Å². The molecule has 1 amide bonds. The van der Waals surface area contributed by atoms with Gasteiger partial charge >= 0.3 is 0 Å². The number of nitrogens with one attached hydrogen (secondary N) is 2. The molecule has 0 unspecified atom stereocenters. The molecule has 2 aromatic heterocycles. The van der Waals surface area contributed by atoms with Gasteiger partial charge in [0.1, 0.15) is 12.4 Å². The van der Waals surface area contributed by atoms with E-state index in [2.05, 4.69) is 20.9 Å². The number of ether oxygens (including phenoxy) is 1. The van der Waals surface area contributed by atoms with E-state index in [-0.39, 0.29) is 5.91 Å². The van der Waals surface area contributed by atoms with Gasteiger partial charge in [-0.15, -0.1) is 11.3 Å². The summed E-state index contributed by atoms with van der Waals surface area (Å²) in [6.07, 6.45) is 0.301. The molecule has 5 nitrogen and oxygen atoms in total. The fourth-order valence-electron chi connectivity index (χ4n) is 3.47. The topological polar surface area (TPSA) is 67.0 Å². The molecule has 0 bridgehead atoms. The monoisotopic (exact) mass is 447 g/mol. The highest BCUT2D eigenvalue weighted by Gasteiger charge is 2.12. The number of benzene rings is 3. The molecule has 7 heteroatoms. The normalized spacial score (nSPS) is 11.1. The number of aromatic amines is 1. The van der Waals surface area contributed by atoms with E-state index < -0.39 is 0 Å². The van der Waals surface area contributed by atoms with E-state index in [1.807, 2.05) is 66.7 Å². The first kappa shape index (κ1) is 19.6. The molecule has 2 N–H and O–H groups in total. The Hall–Kier alpha value is -3.35. The number of amides is 1. The van der Waals surface area contributed by atoms with Crippen LogP contribution in [0.5, 0.6) is 5.75 Å². The van der Waals surface area contributed by atoms with E-state index in [0.717, 1.165) is 33.2 Å². The number of carbonyl (C=O) groups is 1. The summed E-state index contributed by atoms with van der Waals surface area (Å²) >= 11 is 7.81. The number of halogens is 1. The van der Waals surface area contributed by atoms with E-state index in [1.165, 1.54) is 4.70 Å². The van der Waals surface area contributed by atoms with E-state index in [4.69, 9.17) is 16.3 Å². The van der Waals surface area contributed by atoms with E-state index in [9.17, 15) is 4.79 Å². The predicted molar refractivity (Wildman–Crippen MR) is 126 cm³/mol. The second kappa shape index (κ2) is 8.41. The summed E-state index contributed by atoms with van der Waals surface area (Å²) in [7, 11) is 0. The van der Waals surface area contributed by atoms with Gasteiger partial charge in [0.15, 0.2) is 5.82 Å². The third kappa shape index (κ3) is 4.26. The summed E-state index contributed by atoms with van der Waals surface area (Å²) in [6, 6.07) is 21.2. The summed E-state index contributed by atoms with van der Waals surface area (Å²) in [5, 5.41) is 14.9. The molecule has 0 spiro atoms. The van der Waals surface area contributed by atoms with Crippen LogP contribution in [0.25, 0.3) is 21.0 Å². The van der Waals surface area contributed by atoms with Crippen molar-refractivity contribution < 1.29 is 9.53 Å². The number of fused-ring (bicyclic) bond motifs is 2. The highest BCUT2D eigenvalue weighted by molar-refractivity contribution is 7.17. The molecule has 2 heterocycles. The van der Waals surface area contributed by atoms with Crippen molar-refractivity contribution in [3.8, 4) is 5.75 Å². The minimum atomic E-state index is -0.108. The number of hydrogen-bond donors (Lipinski definition) is 2. The maximum atomic E-state index is 12.4. The fraction of sp³-hybridized carbons (Fsp3) is 0.0833. The Morgan fingerprint density at radius 1 is 1.06 bits per heavy atom. The molecule has 0 fully saturated rings. The third-order valence-corrected chi connectivity index (χ3v) is 6.26. The molecule has 0 atom stereocenters. The van der Waals surface area contributed by atoms with Gasteiger partial charge in [-0.1, -0.05) is 41.9 Å². The molecule has 5 aromatic rings. The molecule has 3 aromatic carbocycles. The molecule has 31 heavy (non-hydrogen) atoms. The summed E-state index contributed by atoms with van der Waals surface area (Å²) in [5.74, 6) is 1.13. The van der Waals surface area contributed by atoms with Crippen LogP contribution in [0.2, 0.25) is 5.02 Å². The van der Waals surface area contributed by atoms with Crippen LogP contribution in [-0.2, 0) is 17.8 Å². The summed E-state index contributed by atoms with van der Waals surface area (Å²) < 4.78 is 7.19.